The van der Waals surface area contributed by atoms with E-state index in [1.54, 1.807) is 11.0 Å². The van der Waals surface area contributed by atoms with Crippen LogP contribution in [0.4, 0.5) is 0 Å². The summed E-state index contributed by atoms with van der Waals surface area (Å²) in [5, 5.41) is 13.4. The van der Waals surface area contributed by atoms with Gasteiger partial charge < -0.3 is 29.7 Å². The van der Waals surface area contributed by atoms with E-state index in [9.17, 15) is 24.3 Å². The molecule has 0 unspecified atom stereocenters. The zero-order valence-corrected chi connectivity index (χ0v) is 26.9. The van der Waals surface area contributed by atoms with E-state index in [0.717, 1.165) is 24.8 Å². The third kappa shape index (κ3) is 5.98. The van der Waals surface area contributed by atoms with Crippen molar-refractivity contribution in [3.63, 3.8) is 0 Å². The van der Waals surface area contributed by atoms with Gasteiger partial charge in [-0.3, -0.25) is 19.2 Å². The topological polar surface area (TPSA) is 125 Å². The van der Waals surface area contributed by atoms with Crippen molar-refractivity contribution in [2.75, 3.05) is 26.3 Å². The van der Waals surface area contributed by atoms with E-state index in [1.807, 2.05) is 49.4 Å². The first-order chi connectivity index (χ1) is 21.3. The number of allylic oxidation sites excluding steroid dienone is 1. The molecule has 1 aromatic rings. The van der Waals surface area contributed by atoms with Crippen LogP contribution in [0.5, 0.6) is 0 Å². The van der Waals surface area contributed by atoms with E-state index in [0.29, 0.717) is 30.4 Å². The predicted octanol–water partition coefficient (Wildman–Crippen LogP) is 3.40. The van der Waals surface area contributed by atoms with Crippen molar-refractivity contribution in [2.24, 2.45) is 11.8 Å². The number of esters is 1. The van der Waals surface area contributed by atoms with Crippen LogP contribution in [-0.4, -0.2) is 88.7 Å². The number of cyclic esters (lactones) is 1. The first kappa shape index (κ1) is 32.4. The van der Waals surface area contributed by atoms with Gasteiger partial charge in [-0.05, 0) is 30.9 Å². The summed E-state index contributed by atoms with van der Waals surface area (Å²) in [5.74, 6) is -3.39. The van der Waals surface area contributed by atoms with Gasteiger partial charge in [0.2, 0.25) is 17.7 Å². The molecule has 7 atom stereocenters. The lowest BCUT2D eigenvalue weighted by molar-refractivity contribution is -0.150. The highest BCUT2D eigenvalue weighted by Gasteiger charge is 2.75. The lowest BCUT2D eigenvalue weighted by atomic mass is 9.74. The number of hydrogen-bond acceptors (Lipinski definition) is 7. The quantitative estimate of drug-likeness (QED) is 0.247. The Morgan fingerprint density at radius 2 is 1.86 bits per heavy atom. The summed E-state index contributed by atoms with van der Waals surface area (Å²) in [6, 6.07) is 6.90. The maximum atomic E-state index is 14.6. The van der Waals surface area contributed by atoms with Gasteiger partial charge in [-0.1, -0.05) is 85.1 Å². The molecule has 4 aliphatic heterocycles. The molecule has 3 amide bonds. The molecule has 1 spiro atoms. The molecule has 0 aromatic heterocycles. The van der Waals surface area contributed by atoms with Crippen LogP contribution in [0.3, 0.4) is 0 Å². The van der Waals surface area contributed by atoms with E-state index < -0.39 is 53.5 Å². The first-order valence-corrected chi connectivity index (χ1v) is 16.5. The van der Waals surface area contributed by atoms with Crippen molar-refractivity contribution in [1.82, 2.24) is 15.1 Å². The number of ether oxygens (including phenoxy) is 2. The van der Waals surface area contributed by atoms with Crippen LogP contribution in [0, 0.1) is 11.8 Å². The molecule has 0 radical (unpaired) electrons. The number of aliphatic hydroxyl groups is 1. The van der Waals surface area contributed by atoms with Crippen LogP contribution in [0.15, 0.2) is 53.0 Å². The van der Waals surface area contributed by atoms with Gasteiger partial charge in [0.05, 0.1) is 30.5 Å². The van der Waals surface area contributed by atoms with E-state index in [-0.39, 0.29) is 31.4 Å². The maximum absolute atomic E-state index is 14.6. The molecule has 2 fully saturated rings. The zero-order chi connectivity index (χ0) is 31.4. The first-order valence-electron chi connectivity index (χ1n) is 15.7. The number of hydrogen-bond donors (Lipinski definition) is 2. The Hall–Kier alpha value is -3.02. The Morgan fingerprint density at radius 1 is 1.09 bits per heavy atom. The molecule has 10 nitrogen and oxygen atoms in total. The molecule has 4 aliphatic rings. The van der Waals surface area contributed by atoms with Gasteiger partial charge in [0, 0.05) is 24.0 Å². The number of carbonyl (C=O) groups is 4. The molecule has 1 aromatic carbocycles. The number of benzene rings is 1. The van der Waals surface area contributed by atoms with Gasteiger partial charge in [0.15, 0.2) is 0 Å². The molecule has 0 aliphatic carbocycles. The summed E-state index contributed by atoms with van der Waals surface area (Å²) >= 11 is 3.59. The lowest BCUT2D eigenvalue weighted by Crippen LogP contribution is -2.58. The Balaban J connectivity index is 1.59. The Labute approximate surface area is 266 Å². The minimum Gasteiger partial charge on any atom is -0.463 e. The zero-order valence-electron chi connectivity index (χ0n) is 25.3. The second-order valence-electron chi connectivity index (χ2n) is 12.0. The summed E-state index contributed by atoms with van der Waals surface area (Å²) in [6.45, 7) is 4.33. The fourth-order valence-corrected chi connectivity index (χ4v) is 7.74. The molecule has 2 N–H and O–H groups in total. The maximum Gasteiger partial charge on any atom is 0.306 e. The van der Waals surface area contributed by atoms with Crippen LogP contribution in [0.25, 0.3) is 0 Å². The summed E-state index contributed by atoms with van der Waals surface area (Å²) in [7, 11) is 0. The minimum absolute atomic E-state index is 0.0713. The van der Waals surface area contributed by atoms with Crippen molar-refractivity contribution < 1.29 is 33.8 Å². The number of fused-ring (bicyclic) bond motifs is 2. The standard InChI is InChI=1S/C33H42BrN3O7/c1-3-5-11-16-36-17-12-7-10-15-25(39)43-20-24(21-13-8-6-9-14-21)35-30(40)26-27-31(41)37(22(4-2)19-38)29(32(36)42)33(27)18-23(34)28(26)44-33/h6-9,12-14,18,22,24,26-29,38H,3-5,10-11,15-17,19-20H2,1-2H3,(H,35,40)/b12-7-/t22-,24+,26+,27-,28+,29+,33-/m0/s1. The highest BCUT2D eigenvalue weighted by Crippen LogP contribution is 2.59. The number of rotatable bonds is 8. The van der Waals surface area contributed by atoms with Crippen LogP contribution < -0.4 is 5.32 Å². The van der Waals surface area contributed by atoms with Gasteiger partial charge >= 0.3 is 5.97 Å². The average Bonchev–Trinajstić information content (AvgIpc) is 3.62. The summed E-state index contributed by atoms with van der Waals surface area (Å²) in [6.07, 6.45) is 8.48. The predicted molar refractivity (Wildman–Crippen MR) is 166 cm³/mol. The number of carbonyl (C=O) groups excluding carboxylic acids is 4. The summed E-state index contributed by atoms with van der Waals surface area (Å²) in [4.78, 5) is 59.0. The minimum atomic E-state index is -1.38. The fourth-order valence-electron chi connectivity index (χ4n) is 7.00. The number of unbranched alkanes of at least 4 members (excludes halogenated alkanes) is 2. The average molecular weight is 673 g/mol. The molecule has 5 rings (SSSR count). The van der Waals surface area contributed by atoms with E-state index in [4.69, 9.17) is 9.47 Å². The normalized spacial score (nSPS) is 32.3. The fraction of sp³-hybridized carbons (Fsp3) is 0.576. The van der Waals surface area contributed by atoms with Gasteiger partial charge in [-0.15, -0.1) is 0 Å². The molecular formula is C33H42BrN3O7. The largest absolute Gasteiger partial charge is 0.463 e. The van der Waals surface area contributed by atoms with Crippen LogP contribution in [0.1, 0.15) is 64.0 Å². The Bertz CT molecular complexity index is 1300. The van der Waals surface area contributed by atoms with E-state index in [2.05, 4.69) is 28.2 Å². The smallest absolute Gasteiger partial charge is 0.306 e. The second-order valence-corrected chi connectivity index (χ2v) is 12.9. The molecule has 4 heterocycles. The number of nitrogens with zero attached hydrogens (tertiary/aromatic N) is 2. The Kier molecular flexibility index (Phi) is 10.3. The summed E-state index contributed by atoms with van der Waals surface area (Å²) in [5.41, 5.74) is -0.626. The molecule has 0 saturated carbocycles. The van der Waals surface area contributed by atoms with Crippen molar-refractivity contribution in [3.8, 4) is 0 Å². The molecular weight excluding hydrogens is 630 g/mol. The third-order valence-electron chi connectivity index (χ3n) is 9.26. The molecule has 2 saturated heterocycles. The third-order valence-corrected chi connectivity index (χ3v) is 9.94. The number of nitrogens with one attached hydrogen (secondary N) is 1. The Morgan fingerprint density at radius 3 is 2.57 bits per heavy atom. The van der Waals surface area contributed by atoms with Gasteiger partial charge in [0.25, 0.3) is 0 Å². The number of likely N-dealkylation sites (tertiary alicyclic amines) is 1. The monoisotopic (exact) mass is 671 g/mol. The molecule has 11 heteroatoms. The highest BCUT2D eigenvalue weighted by molar-refractivity contribution is 9.11. The van der Waals surface area contributed by atoms with Crippen molar-refractivity contribution in [3.05, 3.63) is 58.6 Å². The van der Waals surface area contributed by atoms with Crippen molar-refractivity contribution >= 4 is 39.6 Å². The van der Waals surface area contributed by atoms with Crippen molar-refractivity contribution in [1.29, 1.82) is 0 Å². The van der Waals surface area contributed by atoms with Gasteiger partial charge in [0.1, 0.15) is 24.4 Å². The SMILES string of the molecule is CCCCCN1C/C=C\CCC(=O)OC[C@H](c2ccccc2)NC(=O)[C@H]2[C@@H]3O[C@@]4(C=C3Br)[C@@H]2C(=O)N([C@@H](CC)CO)[C@@H]4C1=O. The van der Waals surface area contributed by atoms with Crippen molar-refractivity contribution in [2.45, 2.75) is 82.2 Å². The molecule has 44 heavy (non-hydrogen) atoms. The number of halogens is 1. The van der Waals surface area contributed by atoms with Gasteiger partial charge in [-0.2, -0.15) is 0 Å². The van der Waals surface area contributed by atoms with E-state index >= 15 is 0 Å². The summed E-state index contributed by atoms with van der Waals surface area (Å²) < 4.78 is 12.8. The van der Waals surface area contributed by atoms with E-state index in [1.165, 1.54) is 4.90 Å². The van der Waals surface area contributed by atoms with Gasteiger partial charge in [-0.25, -0.2) is 0 Å². The van der Waals surface area contributed by atoms with Crippen LogP contribution in [0.2, 0.25) is 0 Å². The van der Waals surface area contributed by atoms with Crippen LogP contribution >= 0.6 is 15.9 Å². The second kappa shape index (κ2) is 14.0. The number of amides is 3. The molecule has 5 bridgehead atoms. The lowest BCUT2D eigenvalue weighted by Gasteiger charge is -2.38. The highest BCUT2D eigenvalue weighted by atomic mass is 79.9. The van der Waals surface area contributed by atoms with Crippen LogP contribution in [-0.2, 0) is 28.7 Å². The molecule has 238 valence electrons. The number of aliphatic hydroxyl groups excluding tert-OH is 1.